The van der Waals surface area contributed by atoms with Gasteiger partial charge in [-0.15, -0.1) is 0 Å². The number of nitrogens with one attached hydrogen (secondary N) is 1. The molecule has 2 aromatic carbocycles. The molecule has 0 aromatic heterocycles. The normalized spacial score (nSPS) is 11.5. The third-order valence-corrected chi connectivity index (χ3v) is 3.55. The van der Waals surface area contributed by atoms with Crippen LogP contribution >= 0.6 is 23.2 Å². The van der Waals surface area contributed by atoms with Crippen molar-refractivity contribution in [3.63, 3.8) is 0 Å². The van der Waals surface area contributed by atoms with Gasteiger partial charge in [-0.1, -0.05) is 53.5 Å². The molecule has 0 aliphatic heterocycles. The molecule has 0 saturated carbocycles. The highest BCUT2D eigenvalue weighted by molar-refractivity contribution is 6.35. The maximum atomic E-state index is 11.8. The van der Waals surface area contributed by atoms with Gasteiger partial charge < -0.3 is 9.47 Å². The quantitative estimate of drug-likeness (QED) is 0.709. The highest BCUT2D eigenvalue weighted by Gasteiger charge is 2.15. The van der Waals surface area contributed by atoms with Crippen LogP contribution in [0.15, 0.2) is 48.5 Å². The third-order valence-electron chi connectivity index (χ3n) is 3.11. The van der Waals surface area contributed by atoms with Crippen molar-refractivity contribution in [3.05, 3.63) is 64.1 Å². The number of ether oxygens (including phenoxy) is 2. The highest BCUT2D eigenvalue weighted by atomic mass is 35.5. The van der Waals surface area contributed by atoms with Gasteiger partial charge in [0.25, 0.3) is 0 Å². The molecule has 0 fully saturated rings. The number of hydrogen-bond acceptors (Lipinski definition) is 4. The number of esters is 1. The number of rotatable bonds is 6. The van der Waals surface area contributed by atoms with Crippen LogP contribution in [0, 0.1) is 0 Å². The van der Waals surface area contributed by atoms with E-state index in [0.29, 0.717) is 15.7 Å². The van der Waals surface area contributed by atoms with Crippen LogP contribution in [0.5, 0.6) is 0 Å². The lowest BCUT2D eigenvalue weighted by Gasteiger charge is -2.14. The number of benzene rings is 2. The maximum Gasteiger partial charge on any atom is 0.411 e. The summed E-state index contributed by atoms with van der Waals surface area (Å²) in [6.07, 6.45) is -1.39. The molecule has 0 aliphatic carbocycles. The number of carbonyl (C=O) groups excluding carboxylic acids is 2. The summed E-state index contributed by atoms with van der Waals surface area (Å²) in [5.41, 5.74) is 1.29. The number of hydrogen-bond donors (Lipinski definition) is 1. The molecule has 1 amide bonds. The van der Waals surface area contributed by atoms with Crippen molar-refractivity contribution >= 4 is 41.0 Å². The lowest BCUT2D eigenvalue weighted by atomic mass is 10.2. The van der Waals surface area contributed by atoms with Crippen molar-refractivity contribution in [1.29, 1.82) is 0 Å². The summed E-state index contributed by atoms with van der Waals surface area (Å²) in [5, 5.41) is 3.28. The smallest absolute Gasteiger partial charge is 0.411 e. The maximum absolute atomic E-state index is 11.8. The van der Waals surface area contributed by atoms with Crippen LogP contribution in [0.25, 0.3) is 0 Å². The molecule has 0 radical (unpaired) electrons. The van der Waals surface area contributed by atoms with E-state index in [2.05, 4.69) is 5.32 Å². The summed E-state index contributed by atoms with van der Waals surface area (Å²) in [5.74, 6) is -0.449. The molecule has 0 heterocycles. The van der Waals surface area contributed by atoms with E-state index in [1.807, 2.05) is 30.3 Å². The fraction of sp³-hybridized carbons (Fsp3) is 0.222. The van der Waals surface area contributed by atoms with Crippen LogP contribution in [-0.2, 0) is 20.9 Å². The van der Waals surface area contributed by atoms with E-state index in [0.717, 1.165) is 5.56 Å². The van der Waals surface area contributed by atoms with E-state index >= 15 is 0 Å². The van der Waals surface area contributed by atoms with Crippen molar-refractivity contribution < 1.29 is 19.1 Å². The molecule has 0 bridgehead atoms. The molecule has 132 valence electrons. The number of amides is 1. The van der Waals surface area contributed by atoms with E-state index in [9.17, 15) is 9.59 Å². The van der Waals surface area contributed by atoms with Gasteiger partial charge in [0.15, 0.2) is 0 Å². The van der Waals surface area contributed by atoms with Gasteiger partial charge in [-0.2, -0.15) is 0 Å². The fourth-order valence-corrected chi connectivity index (χ4v) is 2.56. The van der Waals surface area contributed by atoms with Gasteiger partial charge in [0, 0.05) is 15.7 Å². The summed E-state index contributed by atoms with van der Waals surface area (Å²) < 4.78 is 10.3. The Morgan fingerprint density at radius 3 is 2.36 bits per heavy atom. The first kappa shape index (κ1) is 19.1. The minimum Gasteiger partial charge on any atom is -0.461 e. The second-order valence-corrected chi connectivity index (χ2v) is 6.22. The topological polar surface area (TPSA) is 64.6 Å². The molecule has 1 unspecified atom stereocenters. The van der Waals surface area contributed by atoms with Gasteiger partial charge in [-0.25, -0.2) is 4.79 Å². The molecule has 7 heteroatoms. The zero-order valence-corrected chi connectivity index (χ0v) is 15.0. The summed E-state index contributed by atoms with van der Waals surface area (Å²) in [4.78, 5) is 23.6. The molecule has 0 aliphatic rings. The van der Waals surface area contributed by atoms with Gasteiger partial charge in [0.1, 0.15) is 12.7 Å². The monoisotopic (exact) mass is 381 g/mol. The van der Waals surface area contributed by atoms with Crippen LogP contribution in [-0.4, -0.2) is 18.2 Å². The van der Waals surface area contributed by atoms with Crippen LogP contribution in [0.3, 0.4) is 0 Å². The SMILES string of the molecule is CC(CC(=O)OCc1ccccc1)OC(=O)Nc1cc(Cl)cc(Cl)c1. The Morgan fingerprint density at radius 1 is 1.08 bits per heavy atom. The number of carbonyl (C=O) groups is 2. The van der Waals surface area contributed by atoms with E-state index in [4.69, 9.17) is 32.7 Å². The predicted octanol–water partition coefficient (Wildman–Crippen LogP) is 5.06. The first-order chi connectivity index (χ1) is 11.9. The van der Waals surface area contributed by atoms with Gasteiger partial charge in [-0.05, 0) is 30.7 Å². The van der Waals surface area contributed by atoms with E-state index in [-0.39, 0.29) is 13.0 Å². The minimum absolute atomic E-state index is 0.0451. The largest absolute Gasteiger partial charge is 0.461 e. The average molecular weight is 382 g/mol. The molecule has 25 heavy (non-hydrogen) atoms. The number of anilines is 1. The van der Waals surface area contributed by atoms with Gasteiger partial charge in [-0.3, -0.25) is 10.1 Å². The molecule has 0 saturated heterocycles. The lowest BCUT2D eigenvalue weighted by molar-refractivity contribution is -0.146. The first-order valence-electron chi connectivity index (χ1n) is 7.55. The Hall–Kier alpha value is -2.24. The molecule has 5 nitrogen and oxygen atoms in total. The van der Waals surface area contributed by atoms with E-state index in [1.165, 1.54) is 12.1 Å². The zero-order valence-electron chi connectivity index (χ0n) is 13.5. The minimum atomic E-state index is -0.707. The third kappa shape index (κ3) is 7.03. The standard InChI is InChI=1S/C18H17Cl2NO4/c1-12(7-17(22)24-11-13-5-3-2-4-6-13)25-18(23)21-16-9-14(19)8-15(20)10-16/h2-6,8-10,12H,7,11H2,1H3,(H,21,23). The molecule has 2 aromatic rings. The summed E-state index contributed by atoms with van der Waals surface area (Å²) in [6, 6.07) is 13.9. The van der Waals surface area contributed by atoms with E-state index < -0.39 is 18.2 Å². The average Bonchev–Trinajstić information content (AvgIpc) is 2.52. The Balaban J connectivity index is 1.75. The zero-order chi connectivity index (χ0) is 18.2. The molecule has 2 rings (SSSR count). The summed E-state index contributed by atoms with van der Waals surface area (Å²) >= 11 is 11.7. The van der Waals surface area contributed by atoms with Crippen molar-refractivity contribution in [1.82, 2.24) is 0 Å². The Labute approximate surface area is 155 Å². The summed E-state index contributed by atoms with van der Waals surface area (Å²) in [6.45, 7) is 1.79. The Kier molecular flexibility index (Phi) is 7.10. The number of halogens is 2. The highest BCUT2D eigenvalue weighted by Crippen LogP contribution is 2.22. The van der Waals surface area contributed by atoms with Crippen LogP contribution in [0.2, 0.25) is 10.0 Å². The van der Waals surface area contributed by atoms with Crippen molar-refractivity contribution in [2.75, 3.05) is 5.32 Å². The Bertz CT molecular complexity index is 717. The van der Waals surface area contributed by atoms with Crippen molar-refractivity contribution in [3.8, 4) is 0 Å². The fourth-order valence-electron chi connectivity index (χ4n) is 2.03. The van der Waals surface area contributed by atoms with Crippen LogP contribution in [0.4, 0.5) is 10.5 Å². The molecular formula is C18H17Cl2NO4. The second-order valence-electron chi connectivity index (χ2n) is 5.35. The van der Waals surface area contributed by atoms with Crippen molar-refractivity contribution in [2.24, 2.45) is 0 Å². The molecule has 1 atom stereocenters. The lowest BCUT2D eigenvalue weighted by Crippen LogP contribution is -2.23. The van der Waals surface area contributed by atoms with Crippen LogP contribution < -0.4 is 5.32 Å². The second kappa shape index (κ2) is 9.30. The Morgan fingerprint density at radius 2 is 1.72 bits per heavy atom. The van der Waals surface area contributed by atoms with Gasteiger partial charge in [0.2, 0.25) is 0 Å². The van der Waals surface area contributed by atoms with Gasteiger partial charge in [0.05, 0.1) is 6.42 Å². The van der Waals surface area contributed by atoms with Gasteiger partial charge >= 0.3 is 12.1 Å². The van der Waals surface area contributed by atoms with Crippen molar-refractivity contribution in [2.45, 2.75) is 26.1 Å². The van der Waals surface area contributed by atoms with Crippen LogP contribution in [0.1, 0.15) is 18.9 Å². The predicted molar refractivity (Wildman–Crippen MR) is 96.9 cm³/mol. The molecule has 1 N–H and O–H groups in total. The molecule has 0 spiro atoms. The van der Waals surface area contributed by atoms with E-state index in [1.54, 1.807) is 13.0 Å². The molecular weight excluding hydrogens is 365 g/mol. The first-order valence-corrected chi connectivity index (χ1v) is 8.31. The summed E-state index contributed by atoms with van der Waals surface area (Å²) in [7, 11) is 0.